The highest BCUT2D eigenvalue weighted by Gasteiger charge is 2.50. The Balaban J connectivity index is 1.12. The van der Waals surface area contributed by atoms with Gasteiger partial charge in [-0.2, -0.15) is 0 Å². The molecule has 0 radical (unpaired) electrons. The zero-order valence-corrected chi connectivity index (χ0v) is 30.1. The Labute approximate surface area is 320 Å². The molecule has 0 bridgehead atoms. The van der Waals surface area contributed by atoms with Gasteiger partial charge in [0.05, 0.1) is 11.1 Å². The summed E-state index contributed by atoms with van der Waals surface area (Å²) in [5.41, 5.74) is 15.6. The van der Waals surface area contributed by atoms with Crippen molar-refractivity contribution >= 4 is 50.2 Å². The molecule has 8 aromatic carbocycles. The van der Waals surface area contributed by atoms with Crippen molar-refractivity contribution in [1.29, 1.82) is 0 Å². The average molecular weight is 702 g/mol. The number of rotatable bonds is 6. The lowest BCUT2D eigenvalue weighted by Crippen LogP contribution is -2.27. The summed E-state index contributed by atoms with van der Waals surface area (Å²) in [5, 5.41) is 4.60. The molecule has 0 amide bonds. The molecule has 1 aromatic heterocycles. The largest absolute Gasteiger partial charge is 0.456 e. The molecule has 1 spiro atoms. The summed E-state index contributed by atoms with van der Waals surface area (Å²) in [7, 11) is 0. The maximum atomic E-state index is 6.41. The molecule has 2 aliphatic rings. The summed E-state index contributed by atoms with van der Waals surface area (Å²) in [6.45, 7) is 4.47. The monoisotopic (exact) mass is 701 g/mol. The summed E-state index contributed by atoms with van der Waals surface area (Å²) in [6, 6.07) is 65.5. The zero-order valence-electron chi connectivity index (χ0n) is 30.1. The molecule has 2 heteroatoms. The first-order valence-electron chi connectivity index (χ1n) is 18.9. The Hall–Kier alpha value is -7.16. The number of benzene rings is 8. The molecule has 0 fully saturated rings. The zero-order chi connectivity index (χ0) is 36.5. The third-order valence-electron chi connectivity index (χ3n) is 11.6. The van der Waals surface area contributed by atoms with Gasteiger partial charge in [-0.15, -0.1) is 0 Å². The van der Waals surface area contributed by atoms with E-state index in [0.717, 1.165) is 50.1 Å². The van der Waals surface area contributed by atoms with Gasteiger partial charge in [-0.25, -0.2) is 0 Å². The Morgan fingerprint density at radius 2 is 1.13 bits per heavy atom. The molecule has 258 valence electrons. The lowest BCUT2D eigenvalue weighted by atomic mass is 9.69. The van der Waals surface area contributed by atoms with Crippen LogP contribution in [0, 0.1) is 0 Å². The number of allylic oxidation sites excluding steroid dienone is 3. The molecule has 0 saturated heterocycles. The first kappa shape index (κ1) is 31.4. The second kappa shape index (κ2) is 12.2. The molecule has 55 heavy (non-hydrogen) atoms. The van der Waals surface area contributed by atoms with E-state index in [1.807, 2.05) is 6.08 Å². The van der Waals surface area contributed by atoms with Crippen molar-refractivity contribution in [3.8, 4) is 22.3 Å². The highest BCUT2D eigenvalue weighted by molar-refractivity contribution is 6.11. The van der Waals surface area contributed by atoms with Crippen molar-refractivity contribution in [2.45, 2.75) is 5.41 Å². The predicted molar refractivity (Wildman–Crippen MR) is 230 cm³/mol. The SMILES string of the molecule is C=C/C(=C\C1=Cc2ccccc2C12c1ccccc1-c1ccccc12)N(c1ccccc1)c1ccccc1-c1ccc2oc3cc4ccccc4cc3c2c1. The number of hydrogen-bond donors (Lipinski definition) is 0. The van der Waals surface area contributed by atoms with Gasteiger partial charge in [0.2, 0.25) is 0 Å². The number of fused-ring (bicyclic) bond motifs is 11. The highest BCUT2D eigenvalue weighted by atomic mass is 16.3. The van der Waals surface area contributed by atoms with Crippen LogP contribution in [-0.4, -0.2) is 0 Å². The van der Waals surface area contributed by atoms with Gasteiger partial charge in [-0.1, -0.05) is 146 Å². The first-order chi connectivity index (χ1) is 27.2. The molecule has 0 N–H and O–H groups in total. The summed E-state index contributed by atoms with van der Waals surface area (Å²) in [6.07, 6.45) is 6.76. The van der Waals surface area contributed by atoms with Crippen LogP contribution in [0.3, 0.4) is 0 Å². The third kappa shape index (κ3) is 4.62. The smallest absolute Gasteiger partial charge is 0.136 e. The number of nitrogens with zero attached hydrogens (tertiary/aromatic N) is 1. The van der Waals surface area contributed by atoms with Crippen LogP contribution in [0.25, 0.3) is 61.0 Å². The van der Waals surface area contributed by atoms with Crippen molar-refractivity contribution in [1.82, 2.24) is 0 Å². The van der Waals surface area contributed by atoms with Crippen LogP contribution in [0.15, 0.2) is 216 Å². The minimum Gasteiger partial charge on any atom is -0.456 e. The molecule has 2 nitrogen and oxygen atoms in total. The fourth-order valence-electron chi connectivity index (χ4n) is 9.30. The van der Waals surface area contributed by atoms with Crippen LogP contribution in [0.1, 0.15) is 22.3 Å². The van der Waals surface area contributed by atoms with E-state index in [2.05, 4.69) is 206 Å². The van der Waals surface area contributed by atoms with Crippen LogP contribution >= 0.6 is 0 Å². The molecule has 1 heterocycles. The van der Waals surface area contributed by atoms with Crippen molar-refractivity contribution < 1.29 is 4.42 Å². The second-order valence-electron chi connectivity index (χ2n) is 14.5. The summed E-state index contributed by atoms with van der Waals surface area (Å²) in [4.78, 5) is 2.36. The topological polar surface area (TPSA) is 16.4 Å². The number of para-hydroxylation sites is 2. The van der Waals surface area contributed by atoms with E-state index in [1.54, 1.807) is 0 Å². The minimum atomic E-state index is -0.461. The number of anilines is 2. The minimum absolute atomic E-state index is 0.461. The lowest BCUT2D eigenvalue weighted by molar-refractivity contribution is 0.669. The Morgan fingerprint density at radius 3 is 1.87 bits per heavy atom. The Kier molecular flexibility index (Phi) is 6.96. The molecule has 9 aromatic rings. The average Bonchev–Trinajstić information content (AvgIpc) is 3.88. The van der Waals surface area contributed by atoms with E-state index in [4.69, 9.17) is 4.42 Å². The highest BCUT2D eigenvalue weighted by Crippen LogP contribution is 2.60. The van der Waals surface area contributed by atoms with E-state index in [9.17, 15) is 0 Å². The first-order valence-corrected chi connectivity index (χ1v) is 18.9. The third-order valence-corrected chi connectivity index (χ3v) is 11.6. The van der Waals surface area contributed by atoms with Crippen LogP contribution in [-0.2, 0) is 5.41 Å². The number of furan rings is 1. The van der Waals surface area contributed by atoms with Gasteiger partial charge in [-0.3, -0.25) is 0 Å². The van der Waals surface area contributed by atoms with Crippen LogP contribution in [0.5, 0.6) is 0 Å². The van der Waals surface area contributed by atoms with E-state index >= 15 is 0 Å². The van der Waals surface area contributed by atoms with Gasteiger partial charge in [0.1, 0.15) is 11.2 Å². The lowest BCUT2D eigenvalue weighted by Gasteiger charge is -2.33. The van der Waals surface area contributed by atoms with Crippen molar-refractivity contribution in [3.05, 3.63) is 234 Å². The second-order valence-corrected chi connectivity index (χ2v) is 14.5. The van der Waals surface area contributed by atoms with Crippen LogP contribution in [0.4, 0.5) is 11.4 Å². The van der Waals surface area contributed by atoms with Crippen LogP contribution in [0.2, 0.25) is 0 Å². The molecule has 0 saturated carbocycles. The molecule has 11 rings (SSSR count). The quantitative estimate of drug-likeness (QED) is 0.161. The van der Waals surface area contributed by atoms with Gasteiger partial charge in [-0.05, 0) is 116 Å². The summed E-state index contributed by atoms with van der Waals surface area (Å²) >= 11 is 0. The molecule has 0 aliphatic heterocycles. The fraction of sp³-hybridized carbons (Fsp3) is 0.0189. The van der Waals surface area contributed by atoms with E-state index in [0.29, 0.717) is 0 Å². The van der Waals surface area contributed by atoms with E-state index in [-0.39, 0.29) is 0 Å². The van der Waals surface area contributed by atoms with Gasteiger partial charge < -0.3 is 9.32 Å². The molecule has 0 unspecified atom stereocenters. The summed E-state index contributed by atoms with van der Waals surface area (Å²) in [5.74, 6) is 0. The van der Waals surface area contributed by atoms with Crippen molar-refractivity contribution in [2.75, 3.05) is 4.90 Å². The standard InChI is InChI=1S/C53H35NO/c1-2-40(34-39-30-38-18-8-12-24-47(38)53(39)48-25-13-9-22-43(48)44-23-10-14-26-49(44)53)54(41-19-4-3-5-20-41)50-27-15-11-21-42(50)37-28-29-51-45(32-37)46-31-35-16-6-7-17-36(35)33-52(46)55-51/h2-34H,1H2/b40-34+. The maximum Gasteiger partial charge on any atom is 0.136 e. The van der Waals surface area contributed by atoms with Crippen molar-refractivity contribution in [3.63, 3.8) is 0 Å². The van der Waals surface area contributed by atoms with E-state index < -0.39 is 5.41 Å². The summed E-state index contributed by atoms with van der Waals surface area (Å²) < 4.78 is 6.41. The maximum absolute atomic E-state index is 6.41. The Morgan fingerprint density at radius 1 is 0.527 bits per heavy atom. The van der Waals surface area contributed by atoms with Crippen molar-refractivity contribution in [2.24, 2.45) is 0 Å². The Bertz CT molecular complexity index is 3020. The molecule has 0 atom stereocenters. The van der Waals surface area contributed by atoms with Gasteiger partial charge in [0.15, 0.2) is 0 Å². The molecular formula is C53H35NO. The van der Waals surface area contributed by atoms with Crippen LogP contribution < -0.4 is 4.90 Å². The number of hydrogen-bond acceptors (Lipinski definition) is 2. The molecular weight excluding hydrogens is 667 g/mol. The van der Waals surface area contributed by atoms with Gasteiger partial charge in [0.25, 0.3) is 0 Å². The fourth-order valence-corrected chi connectivity index (χ4v) is 9.30. The van der Waals surface area contributed by atoms with Gasteiger partial charge in [0, 0.05) is 27.7 Å². The van der Waals surface area contributed by atoms with E-state index in [1.165, 1.54) is 49.7 Å². The predicted octanol–water partition coefficient (Wildman–Crippen LogP) is 14.0. The normalized spacial score (nSPS) is 13.9. The molecule has 2 aliphatic carbocycles. The van der Waals surface area contributed by atoms with Gasteiger partial charge >= 0.3 is 0 Å².